The van der Waals surface area contributed by atoms with E-state index in [9.17, 15) is 4.79 Å². The molecule has 1 amide bonds. The van der Waals surface area contributed by atoms with Crippen LogP contribution in [-0.4, -0.2) is 60.7 Å². The van der Waals surface area contributed by atoms with Crippen molar-refractivity contribution >= 4 is 17.7 Å². The molecule has 2 saturated heterocycles. The van der Waals surface area contributed by atoms with E-state index in [1.165, 1.54) is 17.9 Å². The molecule has 2 aliphatic rings. The van der Waals surface area contributed by atoms with Gasteiger partial charge in [-0.2, -0.15) is 11.8 Å². The van der Waals surface area contributed by atoms with Gasteiger partial charge < -0.3 is 15.0 Å². The van der Waals surface area contributed by atoms with Crippen molar-refractivity contribution in [1.82, 2.24) is 10.2 Å². The minimum absolute atomic E-state index is 0.192. The van der Waals surface area contributed by atoms with Gasteiger partial charge in [-0.1, -0.05) is 0 Å². The molecule has 0 aromatic carbocycles. The number of carbonyl (C=O) groups excluding carboxylic acids is 1. The molecule has 2 atom stereocenters. The zero-order valence-electron chi connectivity index (χ0n) is 11.6. The number of hydrogen-bond acceptors (Lipinski definition) is 4. The Labute approximate surface area is 114 Å². The average molecular weight is 272 g/mol. The molecule has 0 saturated carbocycles. The fourth-order valence-electron chi connectivity index (χ4n) is 2.59. The van der Waals surface area contributed by atoms with Crippen molar-refractivity contribution in [3.8, 4) is 0 Å². The minimum Gasteiger partial charge on any atom is -0.377 e. The van der Waals surface area contributed by atoms with E-state index in [1.54, 1.807) is 0 Å². The van der Waals surface area contributed by atoms with Crippen LogP contribution in [0.3, 0.4) is 0 Å². The molecule has 0 aliphatic carbocycles. The van der Waals surface area contributed by atoms with E-state index in [0.29, 0.717) is 19.1 Å². The Kier molecular flexibility index (Phi) is 4.56. The van der Waals surface area contributed by atoms with Crippen LogP contribution in [0.1, 0.15) is 20.3 Å². The molecule has 0 aromatic rings. The highest BCUT2D eigenvalue weighted by molar-refractivity contribution is 7.99. The first kappa shape index (κ1) is 14.2. The van der Waals surface area contributed by atoms with Crippen LogP contribution >= 0.6 is 11.8 Å². The summed E-state index contributed by atoms with van der Waals surface area (Å²) in [4.78, 5) is 14.6. The third-order valence-corrected chi connectivity index (χ3v) is 5.08. The molecule has 0 radical (unpaired) electrons. The monoisotopic (exact) mass is 272 g/mol. The Morgan fingerprint density at radius 1 is 1.56 bits per heavy atom. The largest absolute Gasteiger partial charge is 0.377 e. The first-order valence-corrected chi connectivity index (χ1v) is 7.84. The van der Waals surface area contributed by atoms with Crippen LogP contribution in [0.15, 0.2) is 0 Å². The number of thioether (sulfide) groups is 1. The van der Waals surface area contributed by atoms with Gasteiger partial charge in [0.2, 0.25) is 5.91 Å². The second kappa shape index (κ2) is 5.80. The Morgan fingerprint density at radius 3 is 2.94 bits per heavy atom. The molecule has 0 bridgehead atoms. The van der Waals surface area contributed by atoms with Crippen molar-refractivity contribution in [2.75, 3.05) is 38.3 Å². The summed E-state index contributed by atoms with van der Waals surface area (Å²) in [6.07, 6.45) is 1.23. The van der Waals surface area contributed by atoms with Crippen LogP contribution < -0.4 is 5.32 Å². The lowest BCUT2D eigenvalue weighted by atomic mass is 9.99. The van der Waals surface area contributed by atoms with E-state index in [1.807, 2.05) is 23.7 Å². The number of rotatable bonds is 3. The molecule has 104 valence electrons. The Bertz CT molecular complexity index is 303. The predicted molar refractivity (Wildman–Crippen MR) is 74.9 cm³/mol. The quantitative estimate of drug-likeness (QED) is 0.831. The number of ether oxygens (including phenoxy) is 1. The lowest BCUT2D eigenvalue weighted by molar-refractivity contribution is -0.137. The zero-order chi connectivity index (χ0) is 13.2. The van der Waals surface area contributed by atoms with E-state index >= 15 is 0 Å². The van der Waals surface area contributed by atoms with Crippen molar-refractivity contribution in [1.29, 1.82) is 0 Å². The SMILES string of the molecule is CNC1COCC(C)(C)N(CC2CCSC2)C1=O. The summed E-state index contributed by atoms with van der Waals surface area (Å²) in [6, 6.07) is -0.194. The van der Waals surface area contributed by atoms with E-state index < -0.39 is 0 Å². The summed E-state index contributed by atoms with van der Waals surface area (Å²) >= 11 is 2.00. The summed E-state index contributed by atoms with van der Waals surface area (Å²) in [5.74, 6) is 3.26. The predicted octanol–water partition coefficient (Wildman–Crippen LogP) is 0.965. The standard InChI is InChI=1S/C13H24N2O2S/c1-13(2)9-17-7-11(14-3)12(16)15(13)6-10-4-5-18-8-10/h10-11,14H,4-9H2,1-3H3. The molecule has 2 heterocycles. The van der Waals surface area contributed by atoms with Gasteiger partial charge in [-0.05, 0) is 44.7 Å². The molecule has 4 nitrogen and oxygen atoms in total. The molecular weight excluding hydrogens is 248 g/mol. The van der Waals surface area contributed by atoms with Crippen LogP contribution in [0.2, 0.25) is 0 Å². The molecule has 5 heteroatoms. The molecule has 2 rings (SSSR count). The molecule has 1 N–H and O–H groups in total. The molecule has 2 fully saturated rings. The minimum atomic E-state index is -0.198. The van der Waals surface area contributed by atoms with Crippen molar-refractivity contribution < 1.29 is 9.53 Å². The number of nitrogens with zero attached hydrogens (tertiary/aromatic N) is 1. The lowest BCUT2D eigenvalue weighted by Crippen LogP contribution is -2.55. The maximum atomic E-state index is 12.6. The van der Waals surface area contributed by atoms with Crippen LogP contribution in [0, 0.1) is 5.92 Å². The van der Waals surface area contributed by atoms with Crippen molar-refractivity contribution in [2.24, 2.45) is 5.92 Å². The van der Waals surface area contributed by atoms with Crippen molar-refractivity contribution in [3.63, 3.8) is 0 Å². The second-order valence-corrected chi connectivity index (χ2v) is 7.00. The highest BCUT2D eigenvalue weighted by atomic mass is 32.2. The summed E-state index contributed by atoms with van der Waals surface area (Å²) in [5.41, 5.74) is -0.198. The fraction of sp³-hybridized carbons (Fsp3) is 0.923. The lowest BCUT2D eigenvalue weighted by Gasteiger charge is -2.38. The molecule has 2 aliphatic heterocycles. The fourth-order valence-corrected chi connectivity index (χ4v) is 3.86. The van der Waals surface area contributed by atoms with E-state index in [4.69, 9.17) is 4.74 Å². The van der Waals surface area contributed by atoms with Crippen LogP contribution in [-0.2, 0) is 9.53 Å². The number of likely N-dealkylation sites (N-methyl/N-ethyl adjacent to an activating group) is 1. The Hall–Kier alpha value is -0.260. The van der Waals surface area contributed by atoms with Gasteiger partial charge in [-0.3, -0.25) is 4.79 Å². The van der Waals surface area contributed by atoms with Gasteiger partial charge in [-0.25, -0.2) is 0 Å². The number of amides is 1. The second-order valence-electron chi connectivity index (χ2n) is 5.85. The maximum absolute atomic E-state index is 12.6. The highest BCUT2D eigenvalue weighted by Crippen LogP contribution is 2.28. The topological polar surface area (TPSA) is 41.6 Å². The number of hydrogen-bond donors (Lipinski definition) is 1. The third kappa shape index (κ3) is 3.00. The van der Waals surface area contributed by atoms with Gasteiger partial charge in [0.05, 0.1) is 18.8 Å². The summed E-state index contributed by atoms with van der Waals surface area (Å²) in [6.45, 7) is 6.18. The van der Waals surface area contributed by atoms with Crippen molar-refractivity contribution in [3.05, 3.63) is 0 Å². The normalized spacial score (nSPS) is 32.6. The molecule has 2 unspecified atom stereocenters. The van der Waals surface area contributed by atoms with E-state index in [-0.39, 0.29) is 17.5 Å². The maximum Gasteiger partial charge on any atom is 0.242 e. The highest BCUT2D eigenvalue weighted by Gasteiger charge is 2.39. The summed E-state index contributed by atoms with van der Waals surface area (Å²) < 4.78 is 5.65. The average Bonchev–Trinajstić information content (AvgIpc) is 2.80. The Balaban J connectivity index is 2.11. The van der Waals surface area contributed by atoms with Gasteiger partial charge in [0.15, 0.2) is 0 Å². The van der Waals surface area contributed by atoms with Gasteiger partial charge in [-0.15, -0.1) is 0 Å². The molecule has 0 spiro atoms. The van der Waals surface area contributed by atoms with Gasteiger partial charge in [0.1, 0.15) is 6.04 Å². The van der Waals surface area contributed by atoms with Crippen LogP contribution in [0.25, 0.3) is 0 Å². The smallest absolute Gasteiger partial charge is 0.242 e. The molecule has 18 heavy (non-hydrogen) atoms. The summed E-state index contributed by atoms with van der Waals surface area (Å²) in [5, 5.41) is 3.06. The van der Waals surface area contributed by atoms with Gasteiger partial charge in [0, 0.05) is 6.54 Å². The number of nitrogens with one attached hydrogen (secondary N) is 1. The first-order chi connectivity index (χ1) is 8.54. The van der Waals surface area contributed by atoms with Crippen LogP contribution in [0.5, 0.6) is 0 Å². The van der Waals surface area contributed by atoms with Gasteiger partial charge >= 0.3 is 0 Å². The van der Waals surface area contributed by atoms with E-state index in [0.717, 1.165) is 6.54 Å². The third-order valence-electron chi connectivity index (χ3n) is 3.85. The molecular formula is C13H24N2O2S. The van der Waals surface area contributed by atoms with Gasteiger partial charge in [0.25, 0.3) is 0 Å². The molecule has 0 aromatic heterocycles. The summed E-state index contributed by atoms with van der Waals surface area (Å²) in [7, 11) is 1.83. The van der Waals surface area contributed by atoms with E-state index in [2.05, 4.69) is 19.2 Å². The number of carbonyl (C=O) groups is 1. The van der Waals surface area contributed by atoms with Crippen molar-refractivity contribution in [2.45, 2.75) is 31.8 Å². The van der Waals surface area contributed by atoms with Crippen LogP contribution in [0.4, 0.5) is 0 Å². The zero-order valence-corrected chi connectivity index (χ0v) is 12.4. The first-order valence-electron chi connectivity index (χ1n) is 6.69. The Morgan fingerprint density at radius 2 is 2.33 bits per heavy atom.